The zero-order valence-electron chi connectivity index (χ0n) is 15.1. The van der Waals surface area contributed by atoms with E-state index in [4.69, 9.17) is 16.3 Å². The van der Waals surface area contributed by atoms with Crippen LogP contribution in [0.15, 0.2) is 24.4 Å². The van der Waals surface area contributed by atoms with Crippen LogP contribution in [-0.4, -0.2) is 34.9 Å². The molecule has 2 N–H and O–H groups in total. The van der Waals surface area contributed by atoms with Crippen molar-refractivity contribution in [1.82, 2.24) is 4.98 Å². The molecule has 0 amide bonds. The Labute approximate surface area is 153 Å². The summed E-state index contributed by atoms with van der Waals surface area (Å²) < 4.78 is 6.04. The van der Waals surface area contributed by atoms with E-state index >= 15 is 0 Å². The van der Waals surface area contributed by atoms with Gasteiger partial charge in [0.25, 0.3) is 0 Å². The molecule has 0 saturated heterocycles. The molecule has 0 aliphatic heterocycles. The summed E-state index contributed by atoms with van der Waals surface area (Å²) in [6.07, 6.45) is 2.43. The Morgan fingerprint density at radius 1 is 1.24 bits per heavy atom. The smallest absolute Gasteiger partial charge is 0.226 e. The summed E-state index contributed by atoms with van der Waals surface area (Å²) in [5, 5.41) is 20.1. The molecular weight excluding hydrogens is 340 g/mol. The van der Waals surface area contributed by atoms with Gasteiger partial charge in [0.1, 0.15) is 5.75 Å². The lowest BCUT2D eigenvalue weighted by Crippen LogP contribution is -2.34. The molecule has 0 fully saturated rings. The van der Waals surface area contributed by atoms with Gasteiger partial charge in [-0.05, 0) is 49.6 Å². The summed E-state index contributed by atoms with van der Waals surface area (Å²) in [6, 6.07) is 5.44. The summed E-state index contributed by atoms with van der Waals surface area (Å²) in [5.74, 6) is 1.04. The Balaban J connectivity index is 2.45. The molecule has 6 heteroatoms. The maximum atomic E-state index is 9.91. The lowest BCUT2D eigenvalue weighted by atomic mass is 10.1. The summed E-state index contributed by atoms with van der Waals surface area (Å²) in [6.45, 7) is 5.67. The van der Waals surface area contributed by atoms with Crippen molar-refractivity contribution < 1.29 is 14.9 Å². The highest BCUT2D eigenvalue weighted by atomic mass is 35.5. The van der Waals surface area contributed by atoms with Crippen molar-refractivity contribution in [3.05, 3.63) is 46.1 Å². The maximum Gasteiger partial charge on any atom is 0.226 e. The number of pyridine rings is 1. The van der Waals surface area contributed by atoms with Crippen LogP contribution in [0, 0.1) is 13.8 Å². The number of rotatable bonds is 7. The van der Waals surface area contributed by atoms with Gasteiger partial charge in [-0.3, -0.25) is 0 Å². The minimum absolute atomic E-state index is 0.0335. The number of hydrogen-bond acceptors (Lipinski definition) is 5. The number of aliphatic hydroxyl groups is 2. The number of nitrogens with zero attached hydrogens (tertiary/aromatic N) is 2. The van der Waals surface area contributed by atoms with Gasteiger partial charge in [0.2, 0.25) is 5.88 Å². The quantitative estimate of drug-likeness (QED) is 0.781. The van der Waals surface area contributed by atoms with Crippen LogP contribution in [-0.2, 0) is 6.61 Å². The van der Waals surface area contributed by atoms with Gasteiger partial charge in [0, 0.05) is 24.0 Å². The number of benzene rings is 1. The SMILES string of the molecule is CCC(CO)N(C)c1ccnc(Oc2c(C)cc(Cl)cc2C)c1CO. The van der Waals surface area contributed by atoms with Crippen LogP contribution in [0.5, 0.6) is 11.6 Å². The molecule has 136 valence electrons. The van der Waals surface area contributed by atoms with Gasteiger partial charge in [-0.25, -0.2) is 4.98 Å². The average molecular weight is 365 g/mol. The first kappa shape index (κ1) is 19.5. The van der Waals surface area contributed by atoms with Crippen LogP contribution in [0.4, 0.5) is 5.69 Å². The molecule has 1 unspecified atom stereocenters. The summed E-state index contributed by atoms with van der Waals surface area (Å²) >= 11 is 6.08. The van der Waals surface area contributed by atoms with E-state index in [0.717, 1.165) is 23.2 Å². The largest absolute Gasteiger partial charge is 0.438 e. The number of halogens is 1. The summed E-state index contributed by atoms with van der Waals surface area (Å²) in [7, 11) is 1.89. The van der Waals surface area contributed by atoms with Crippen molar-refractivity contribution in [2.75, 3.05) is 18.6 Å². The van der Waals surface area contributed by atoms with Gasteiger partial charge < -0.3 is 19.8 Å². The lowest BCUT2D eigenvalue weighted by Gasteiger charge is -2.29. The number of ether oxygens (including phenoxy) is 1. The van der Waals surface area contributed by atoms with E-state index in [-0.39, 0.29) is 19.3 Å². The van der Waals surface area contributed by atoms with E-state index in [1.165, 1.54) is 0 Å². The molecule has 25 heavy (non-hydrogen) atoms. The van der Waals surface area contributed by atoms with Gasteiger partial charge in [0.15, 0.2) is 0 Å². The third-order valence-electron chi connectivity index (χ3n) is 4.38. The van der Waals surface area contributed by atoms with Crippen LogP contribution in [0.3, 0.4) is 0 Å². The predicted molar refractivity (Wildman–Crippen MR) is 101 cm³/mol. The molecule has 2 aromatic rings. The van der Waals surface area contributed by atoms with Gasteiger partial charge in [-0.15, -0.1) is 0 Å². The molecule has 0 bridgehead atoms. The molecule has 1 aromatic carbocycles. The van der Waals surface area contributed by atoms with Gasteiger partial charge in [0.05, 0.1) is 24.8 Å². The zero-order valence-corrected chi connectivity index (χ0v) is 15.8. The predicted octanol–water partition coefficient (Wildman–Crippen LogP) is 3.84. The molecule has 0 radical (unpaired) electrons. The monoisotopic (exact) mass is 364 g/mol. The molecule has 0 spiro atoms. The first-order valence-electron chi connectivity index (χ1n) is 8.29. The number of aryl methyl sites for hydroxylation is 2. The normalized spacial score (nSPS) is 12.1. The summed E-state index contributed by atoms with van der Waals surface area (Å²) in [5.41, 5.74) is 3.18. The van der Waals surface area contributed by atoms with E-state index in [1.54, 1.807) is 6.20 Å². The lowest BCUT2D eigenvalue weighted by molar-refractivity contribution is 0.256. The molecule has 0 aliphatic rings. The highest BCUT2D eigenvalue weighted by molar-refractivity contribution is 6.30. The van der Waals surface area contributed by atoms with E-state index in [9.17, 15) is 10.2 Å². The second kappa shape index (κ2) is 8.52. The molecule has 0 saturated carbocycles. The first-order chi connectivity index (χ1) is 11.9. The second-order valence-electron chi connectivity index (χ2n) is 6.10. The highest BCUT2D eigenvalue weighted by Crippen LogP contribution is 2.35. The van der Waals surface area contributed by atoms with Crippen molar-refractivity contribution >= 4 is 17.3 Å². The van der Waals surface area contributed by atoms with E-state index in [2.05, 4.69) is 4.98 Å². The average Bonchev–Trinajstić information content (AvgIpc) is 2.58. The Morgan fingerprint density at radius 2 is 1.88 bits per heavy atom. The van der Waals surface area contributed by atoms with Crippen molar-refractivity contribution in [3.63, 3.8) is 0 Å². The minimum atomic E-state index is -0.212. The number of aromatic nitrogens is 1. The third-order valence-corrected chi connectivity index (χ3v) is 4.60. The molecule has 0 aliphatic carbocycles. The molecular formula is C19H25ClN2O3. The molecule has 1 aromatic heterocycles. The fraction of sp³-hybridized carbons (Fsp3) is 0.421. The van der Waals surface area contributed by atoms with Crippen molar-refractivity contribution in [2.24, 2.45) is 0 Å². The molecule has 1 atom stereocenters. The Bertz CT molecular complexity index is 710. The summed E-state index contributed by atoms with van der Waals surface area (Å²) in [4.78, 5) is 6.25. The topological polar surface area (TPSA) is 65.8 Å². The fourth-order valence-electron chi connectivity index (χ4n) is 2.91. The Hall–Kier alpha value is -1.82. The number of likely N-dealkylation sites (N-methyl/N-ethyl adjacent to an activating group) is 1. The second-order valence-corrected chi connectivity index (χ2v) is 6.53. The Morgan fingerprint density at radius 3 is 2.40 bits per heavy atom. The van der Waals surface area contributed by atoms with Gasteiger partial charge in [-0.1, -0.05) is 18.5 Å². The molecule has 1 heterocycles. The van der Waals surface area contributed by atoms with E-state index in [0.29, 0.717) is 22.2 Å². The number of anilines is 1. The zero-order chi connectivity index (χ0) is 18.6. The van der Waals surface area contributed by atoms with Crippen LogP contribution < -0.4 is 9.64 Å². The van der Waals surface area contributed by atoms with Crippen molar-refractivity contribution in [2.45, 2.75) is 39.8 Å². The van der Waals surface area contributed by atoms with E-state index in [1.807, 2.05) is 50.9 Å². The Kier molecular flexibility index (Phi) is 6.64. The molecule has 5 nitrogen and oxygen atoms in total. The standard InChI is InChI=1S/C19H25ClN2O3/c1-5-15(10-23)22(4)17-6-7-21-19(16(17)11-24)25-18-12(2)8-14(20)9-13(18)3/h6-9,15,23-24H,5,10-11H2,1-4H3. The highest BCUT2D eigenvalue weighted by Gasteiger charge is 2.20. The fourth-order valence-corrected chi connectivity index (χ4v) is 3.24. The first-order valence-corrected chi connectivity index (χ1v) is 8.67. The third kappa shape index (κ3) is 4.24. The van der Waals surface area contributed by atoms with Gasteiger partial charge >= 0.3 is 0 Å². The number of hydrogen-bond donors (Lipinski definition) is 2. The van der Waals surface area contributed by atoms with Gasteiger partial charge in [-0.2, -0.15) is 0 Å². The molecule has 2 rings (SSSR count). The van der Waals surface area contributed by atoms with E-state index < -0.39 is 0 Å². The van der Waals surface area contributed by atoms with Crippen LogP contribution in [0.25, 0.3) is 0 Å². The van der Waals surface area contributed by atoms with Crippen LogP contribution in [0.1, 0.15) is 30.0 Å². The number of aliphatic hydroxyl groups excluding tert-OH is 2. The van der Waals surface area contributed by atoms with Crippen molar-refractivity contribution in [3.8, 4) is 11.6 Å². The van der Waals surface area contributed by atoms with Crippen LogP contribution >= 0.6 is 11.6 Å². The minimum Gasteiger partial charge on any atom is -0.438 e. The van der Waals surface area contributed by atoms with Crippen molar-refractivity contribution in [1.29, 1.82) is 0 Å². The maximum absolute atomic E-state index is 9.91. The van der Waals surface area contributed by atoms with Crippen LogP contribution in [0.2, 0.25) is 5.02 Å².